The van der Waals surface area contributed by atoms with Crippen LogP contribution in [0.3, 0.4) is 0 Å². The van der Waals surface area contributed by atoms with Crippen LogP contribution in [0.25, 0.3) is 0 Å². The molecule has 15 atom stereocenters. The summed E-state index contributed by atoms with van der Waals surface area (Å²) in [5.41, 5.74) is 10.6. The molecule has 0 aromatic heterocycles. The van der Waals surface area contributed by atoms with E-state index in [4.69, 9.17) is 11.5 Å². The molecular weight excluding hydrogens is 1360 g/mol. The lowest BCUT2D eigenvalue weighted by Gasteiger charge is -2.31. The van der Waals surface area contributed by atoms with Crippen LogP contribution in [0.4, 0.5) is 0 Å². The van der Waals surface area contributed by atoms with Crippen molar-refractivity contribution in [1.82, 2.24) is 74.0 Å². The predicted molar refractivity (Wildman–Crippen MR) is 354 cm³/mol. The van der Waals surface area contributed by atoms with Gasteiger partial charge in [-0.25, -0.2) is 0 Å². The number of carboxylic acids is 2. The third-order valence-corrected chi connectivity index (χ3v) is 16.2. The molecule has 0 bridgehead atoms. The van der Waals surface area contributed by atoms with E-state index in [9.17, 15) is 117 Å². The molecule has 0 unspecified atom stereocenters. The van der Waals surface area contributed by atoms with E-state index in [-0.39, 0.29) is 56.7 Å². The molecule has 0 aliphatic carbocycles. The molecule has 0 aromatic rings. The summed E-state index contributed by atoms with van der Waals surface area (Å²) in [5, 5.41) is 89.6. The average Bonchev–Trinajstić information content (AvgIpc) is 1.72. The Morgan fingerprint density at radius 1 is 0.515 bits per heavy atom. The van der Waals surface area contributed by atoms with Crippen LogP contribution < -0.4 is 80.6 Å². The topological polar surface area (TPSA) is 640 Å². The van der Waals surface area contributed by atoms with Crippen molar-refractivity contribution in [2.75, 3.05) is 44.9 Å². The molecule has 16 amide bonds. The van der Waals surface area contributed by atoms with Gasteiger partial charge in [-0.05, 0) is 75.7 Å². The summed E-state index contributed by atoms with van der Waals surface area (Å²) in [6.45, 7) is 8.62. The second kappa shape index (κ2) is 44.7. The quantitative estimate of drug-likeness (QED) is 0.0269. The zero-order valence-electron chi connectivity index (χ0n) is 58.0. The molecular formula is C60H100N16O24S. The van der Waals surface area contributed by atoms with Gasteiger partial charge in [-0.1, -0.05) is 48.0 Å². The second-order valence-corrected chi connectivity index (χ2v) is 25.8. The Bertz CT molecular complexity index is 2960. The van der Waals surface area contributed by atoms with Gasteiger partial charge in [-0.3, -0.25) is 86.3 Å². The van der Waals surface area contributed by atoms with Crippen LogP contribution >= 0.6 is 11.8 Å². The monoisotopic (exact) mass is 1460 g/mol. The van der Waals surface area contributed by atoms with Gasteiger partial charge in [0.1, 0.15) is 78.5 Å². The van der Waals surface area contributed by atoms with Gasteiger partial charge in [0.25, 0.3) is 0 Å². The highest BCUT2D eigenvalue weighted by atomic mass is 32.2. The van der Waals surface area contributed by atoms with Crippen LogP contribution in [-0.4, -0.2) is 272 Å². The Hall–Kier alpha value is -9.35. The third-order valence-electron chi connectivity index (χ3n) is 15.6. The van der Waals surface area contributed by atoms with Crippen LogP contribution in [0.5, 0.6) is 0 Å². The van der Waals surface area contributed by atoms with E-state index in [1.54, 1.807) is 27.0 Å². The molecule has 1 aliphatic rings. The van der Waals surface area contributed by atoms with Crippen molar-refractivity contribution in [1.29, 1.82) is 0 Å². The molecule has 570 valence electrons. The number of aliphatic carboxylic acids is 2. The van der Waals surface area contributed by atoms with Crippen molar-refractivity contribution < 1.29 is 117 Å². The first kappa shape index (κ1) is 89.7. The number of likely N-dealkylation sites (tertiary alicyclic amines) is 1. The molecule has 0 aromatic carbocycles. The highest BCUT2D eigenvalue weighted by molar-refractivity contribution is 7.98. The summed E-state index contributed by atoms with van der Waals surface area (Å²) in [6, 6.07) is -21.2. The number of carboxylic acid groups (broad SMARTS) is 2. The van der Waals surface area contributed by atoms with Gasteiger partial charge in [0.15, 0.2) is 0 Å². The van der Waals surface area contributed by atoms with E-state index in [0.29, 0.717) is 0 Å². The Morgan fingerprint density at radius 2 is 0.960 bits per heavy atom. The number of nitrogens with zero attached hydrogens (tertiary/aromatic N) is 1. The number of aliphatic hydroxyl groups excluding tert-OH is 4. The zero-order chi connectivity index (χ0) is 77.3. The molecule has 1 aliphatic heterocycles. The lowest BCUT2D eigenvalue weighted by Crippen LogP contribution is -2.62. The number of hydrogen-bond acceptors (Lipinski definition) is 23. The number of carbonyl (C=O) groups is 18. The molecule has 0 radical (unpaired) electrons. The number of nitrogens with one attached hydrogen (secondary N) is 13. The Balaban J connectivity index is 3.40. The molecule has 23 N–H and O–H groups in total. The standard InChI is InChI=1S/C60H100N16O24S/c1-11-28(6)46(74-55(95)38(24-78)66-42(83)22-63-57(97)47(30(8)80)75-54(94)37(23-77)65-31(9)81)59(99)71-35(20-43(84)85)52(92)67-33(16-18-101-10)50(90)73-45(27(4)5)58(98)70-36(21-44(86)87)53(93)72-39(25-79)60(100)76-17-12-13-40(76)56(96)68-32(14-15-41(61)82)49(89)69-34(19-26(2)3)51(91)64-29(7)48(62)88/h26-30,32-40,45-47,77-80H,11-25H2,1-10H3,(H2,61,82)(H2,62,88)(H,63,97)(H,64,91)(H,65,81)(H,66,83)(H,67,92)(H,68,96)(H,69,89)(H,70,98)(H,71,99)(H,72,93)(H,73,90)(H,74,95)(H,75,94)(H,84,85)(H,86,87)/t28-,29-,30+,32-,33-,34-,35-,36-,37-,38-,39+,40-,45-,46-,47-/m0/s1. The minimum atomic E-state index is -2.04. The van der Waals surface area contributed by atoms with Crippen molar-refractivity contribution in [3.63, 3.8) is 0 Å². The minimum absolute atomic E-state index is 0.0342. The fourth-order valence-corrected chi connectivity index (χ4v) is 10.2. The van der Waals surface area contributed by atoms with E-state index in [0.717, 1.165) is 18.7 Å². The number of hydrogen-bond donors (Lipinski definition) is 21. The van der Waals surface area contributed by atoms with Gasteiger partial charge >= 0.3 is 11.9 Å². The SMILES string of the molecule is CC[C@H](C)[C@H](NC(=O)[C@H](CO)NC(=O)CNC(=O)[C@@H](NC(=O)[C@H](CO)NC(C)=O)[C@@H](C)O)C(=O)N[C@@H](CC(=O)O)C(=O)N[C@@H](CCSC)C(=O)N[C@H](C(=O)N[C@@H](CC(=O)O)C(=O)N[C@H](CO)C(=O)N1CCC[C@H]1C(=O)N[C@@H](CCC(N)=O)C(=O)N[C@@H](CC(C)C)C(=O)N[C@@H](C)C(N)=O)C(C)C. The molecule has 40 nitrogen and oxygen atoms in total. The summed E-state index contributed by atoms with van der Waals surface area (Å²) < 4.78 is 0. The normalized spacial score (nSPS) is 16.8. The van der Waals surface area contributed by atoms with Crippen molar-refractivity contribution in [3.8, 4) is 0 Å². The first-order chi connectivity index (χ1) is 47.2. The van der Waals surface area contributed by atoms with Crippen molar-refractivity contribution in [2.45, 2.75) is 205 Å². The average molecular weight is 1460 g/mol. The number of amides is 16. The molecule has 1 heterocycles. The Morgan fingerprint density at radius 3 is 1.43 bits per heavy atom. The summed E-state index contributed by atoms with van der Waals surface area (Å²) in [5.74, 6) is -21.9. The van der Waals surface area contributed by atoms with Gasteiger partial charge in [0.2, 0.25) is 94.5 Å². The molecule has 41 heteroatoms. The molecule has 101 heavy (non-hydrogen) atoms. The number of carbonyl (C=O) groups excluding carboxylic acids is 16. The van der Waals surface area contributed by atoms with Gasteiger partial charge < -0.3 is 116 Å². The zero-order valence-corrected chi connectivity index (χ0v) is 58.8. The van der Waals surface area contributed by atoms with Crippen molar-refractivity contribution in [3.05, 3.63) is 0 Å². The minimum Gasteiger partial charge on any atom is -0.481 e. The van der Waals surface area contributed by atoms with Gasteiger partial charge in [-0.15, -0.1) is 0 Å². The van der Waals surface area contributed by atoms with Crippen LogP contribution in [0.15, 0.2) is 0 Å². The highest BCUT2D eigenvalue weighted by Crippen LogP contribution is 2.20. The van der Waals surface area contributed by atoms with Crippen molar-refractivity contribution in [2.24, 2.45) is 29.2 Å². The molecule has 1 saturated heterocycles. The van der Waals surface area contributed by atoms with Crippen molar-refractivity contribution >= 4 is 118 Å². The maximum absolute atomic E-state index is 14.2. The maximum Gasteiger partial charge on any atom is 0.305 e. The fraction of sp³-hybridized carbons (Fsp3) is 0.700. The smallest absolute Gasteiger partial charge is 0.305 e. The lowest BCUT2D eigenvalue weighted by atomic mass is 9.97. The van der Waals surface area contributed by atoms with Crippen LogP contribution in [0.1, 0.15) is 120 Å². The first-order valence-corrected chi connectivity index (χ1v) is 33.8. The largest absolute Gasteiger partial charge is 0.481 e. The second-order valence-electron chi connectivity index (χ2n) is 24.8. The Labute approximate surface area is 586 Å². The number of thioether (sulfide) groups is 1. The summed E-state index contributed by atoms with van der Waals surface area (Å²) in [4.78, 5) is 237. The summed E-state index contributed by atoms with van der Waals surface area (Å²) in [7, 11) is 0. The highest BCUT2D eigenvalue weighted by Gasteiger charge is 2.42. The number of nitrogens with two attached hydrogens (primary N) is 2. The number of primary amides is 2. The predicted octanol–water partition coefficient (Wildman–Crippen LogP) is -9.49. The van der Waals surface area contributed by atoms with Gasteiger partial charge in [-0.2, -0.15) is 11.8 Å². The van der Waals surface area contributed by atoms with E-state index >= 15 is 0 Å². The number of rotatable bonds is 46. The van der Waals surface area contributed by atoms with E-state index in [1.807, 2.05) is 0 Å². The van der Waals surface area contributed by atoms with E-state index in [2.05, 4.69) is 69.1 Å². The Kier molecular flexibility index (Phi) is 39.7. The van der Waals surface area contributed by atoms with Gasteiger partial charge in [0.05, 0.1) is 45.3 Å². The molecule has 1 fully saturated rings. The van der Waals surface area contributed by atoms with Gasteiger partial charge in [0, 0.05) is 19.9 Å². The fourth-order valence-electron chi connectivity index (χ4n) is 9.77. The van der Waals surface area contributed by atoms with E-state index < -0.39 is 249 Å². The molecule has 0 saturated carbocycles. The third kappa shape index (κ3) is 31.4. The van der Waals surface area contributed by atoms with Crippen LogP contribution in [-0.2, 0) is 86.3 Å². The first-order valence-electron chi connectivity index (χ1n) is 32.4. The van der Waals surface area contributed by atoms with E-state index in [1.165, 1.54) is 39.5 Å². The maximum atomic E-state index is 14.2. The van der Waals surface area contributed by atoms with Crippen LogP contribution in [0.2, 0.25) is 0 Å². The molecule has 1 rings (SSSR count). The van der Waals surface area contributed by atoms with Crippen LogP contribution in [0, 0.1) is 17.8 Å². The molecule has 0 spiro atoms. The number of aliphatic hydroxyl groups is 4. The summed E-state index contributed by atoms with van der Waals surface area (Å²) >= 11 is 1.18. The summed E-state index contributed by atoms with van der Waals surface area (Å²) in [6.07, 6.45) is -2.96. The lowest BCUT2D eigenvalue weighted by molar-refractivity contribution is -0.144.